The van der Waals surface area contributed by atoms with Crippen molar-refractivity contribution in [3.63, 3.8) is 0 Å². The standard InChI is InChI=1S/C13H10BrN3O4/c14-9-3-1-8(2-4-9)5-12(19)16-13-11(18)6-10(7-15-13)17(20)21/h1-4,6-7,18H,5H2,(H,15,16,19). The van der Waals surface area contributed by atoms with Crippen LogP contribution in [0, 0.1) is 10.1 Å². The van der Waals surface area contributed by atoms with Gasteiger partial charge < -0.3 is 10.4 Å². The van der Waals surface area contributed by atoms with E-state index in [9.17, 15) is 20.0 Å². The summed E-state index contributed by atoms with van der Waals surface area (Å²) < 4.78 is 0.904. The highest BCUT2D eigenvalue weighted by atomic mass is 79.9. The zero-order valence-electron chi connectivity index (χ0n) is 10.6. The summed E-state index contributed by atoms with van der Waals surface area (Å²) >= 11 is 3.29. The highest BCUT2D eigenvalue weighted by Crippen LogP contribution is 2.25. The molecule has 2 N–H and O–H groups in total. The van der Waals surface area contributed by atoms with Crippen LogP contribution in [0.25, 0.3) is 0 Å². The predicted octanol–water partition coefficient (Wildman–Crippen LogP) is 2.64. The van der Waals surface area contributed by atoms with Crippen molar-refractivity contribution in [1.29, 1.82) is 0 Å². The van der Waals surface area contributed by atoms with Crippen molar-refractivity contribution in [2.45, 2.75) is 6.42 Å². The van der Waals surface area contributed by atoms with Gasteiger partial charge in [0.25, 0.3) is 5.69 Å². The molecule has 21 heavy (non-hydrogen) atoms. The van der Waals surface area contributed by atoms with Gasteiger partial charge >= 0.3 is 0 Å². The largest absolute Gasteiger partial charge is 0.504 e. The first-order valence-corrected chi connectivity index (χ1v) is 6.62. The molecular weight excluding hydrogens is 342 g/mol. The van der Waals surface area contributed by atoms with Gasteiger partial charge in [0.15, 0.2) is 11.6 Å². The van der Waals surface area contributed by atoms with Crippen LogP contribution in [0.15, 0.2) is 41.0 Å². The molecule has 0 saturated carbocycles. The molecule has 2 aromatic rings. The molecule has 0 aliphatic heterocycles. The highest BCUT2D eigenvalue weighted by molar-refractivity contribution is 9.10. The monoisotopic (exact) mass is 351 g/mol. The number of halogens is 1. The summed E-state index contributed by atoms with van der Waals surface area (Å²) in [5.41, 5.74) is 0.440. The SMILES string of the molecule is O=C(Cc1ccc(Br)cc1)Nc1ncc([N+](=O)[O-])cc1O. The number of carbonyl (C=O) groups is 1. The number of nitrogens with one attached hydrogen (secondary N) is 1. The number of amides is 1. The van der Waals surface area contributed by atoms with Crippen molar-refractivity contribution in [3.05, 3.63) is 56.7 Å². The fourth-order valence-electron chi connectivity index (χ4n) is 1.60. The third-order valence-electron chi connectivity index (χ3n) is 2.60. The van der Waals surface area contributed by atoms with Crippen LogP contribution in [0.4, 0.5) is 11.5 Å². The molecule has 2 rings (SSSR count). The highest BCUT2D eigenvalue weighted by Gasteiger charge is 2.13. The molecule has 1 aromatic heterocycles. The maximum absolute atomic E-state index is 11.8. The molecule has 0 bridgehead atoms. The van der Waals surface area contributed by atoms with Gasteiger partial charge in [0.2, 0.25) is 5.91 Å². The number of aromatic nitrogens is 1. The van der Waals surface area contributed by atoms with Crippen molar-refractivity contribution in [2.75, 3.05) is 5.32 Å². The van der Waals surface area contributed by atoms with Crippen LogP contribution in [0.5, 0.6) is 5.75 Å². The summed E-state index contributed by atoms with van der Waals surface area (Å²) in [5.74, 6) is -0.940. The third-order valence-corrected chi connectivity index (χ3v) is 3.13. The predicted molar refractivity (Wildman–Crippen MR) is 79.0 cm³/mol. The van der Waals surface area contributed by atoms with E-state index < -0.39 is 10.7 Å². The van der Waals surface area contributed by atoms with E-state index >= 15 is 0 Å². The van der Waals surface area contributed by atoms with Crippen molar-refractivity contribution in [1.82, 2.24) is 4.98 Å². The first-order valence-electron chi connectivity index (χ1n) is 5.83. The van der Waals surface area contributed by atoms with Crippen molar-refractivity contribution in [2.24, 2.45) is 0 Å². The number of carbonyl (C=O) groups excluding carboxylic acids is 1. The molecule has 0 saturated heterocycles. The lowest BCUT2D eigenvalue weighted by atomic mass is 10.1. The van der Waals surface area contributed by atoms with Gasteiger partial charge in [0.1, 0.15) is 6.20 Å². The van der Waals surface area contributed by atoms with Crippen LogP contribution in [0.3, 0.4) is 0 Å². The van der Waals surface area contributed by atoms with E-state index in [0.29, 0.717) is 0 Å². The van der Waals surface area contributed by atoms with Gasteiger partial charge in [-0.1, -0.05) is 28.1 Å². The van der Waals surface area contributed by atoms with E-state index in [4.69, 9.17) is 0 Å². The Balaban J connectivity index is 2.06. The molecule has 1 aromatic carbocycles. The number of hydrogen-bond acceptors (Lipinski definition) is 5. The molecule has 8 heteroatoms. The number of hydrogen-bond donors (Lipinski definition) is 2. The molecular formula is C13H10BrN3O4. The molecule has 1 heterocycles. The summed E-state index contributed by atoms with van der Waals surface area (Å²) in [6.07, 6.45) is 1.07. The number of nitrogens with zero attached hydrogens (tertiary/aromatic N) is 2. The van der Waals surface area contributed by atoms with Gasteiger partial charge in [0, 0.05) is 4.47 Å². The third kappa shape index (κ3) is 3.99. The molecule has 108 valence electrons. The zero-order valence-corrected chi connectivity index (χ0v) is 12.2. The Morgan fingerprint density at radius 3 is 2.62 bits per heavy atom. The van der Waals surface area contributed by atoms with E-state index in [2.05, 4.69) is 26.2 Å². The maximum Gasteiger partial charge on any atom is 0.291 e. The first kappa shape index (κ1) is 14.9. The average Bonchev–Trinajstić information content (AvgIpc) is 2.43. The van der Waals surface area contributed by atoms with Crippen molar-refractivity contribution >= 4 is 33.3 Å². The van der Waals surface area contributed by atoms with Crippen LogP contribution >= 0.6 is 15.9 Å². The fourth-order valence-corrected chi connectivity index (χ4v) is 1.87. The number of anilines is 1. The lowest BCUT2D eigenvalue weighted by molar-refractivity contribution is -0.385. The lowest BCUT2D eigenvalue weighted by Gasteiger charge is -2.06. The van der Waals surface area contributed by atoms with Crippen LogP contribution in [-0.2, 0) is 11.2 Å². The van der Waals surface area contributed by atoms with E-state index in [1.54, 1.807) is 12.1 Å². The van der Waals surface area contributed by atoms with E-state index in [-0.39, 0.29) is 23.8 Å². The van der Waals surface area contributed by atoms with Crippen molar-refractivity contribution in [3.8, 4) is 5.75 Å². The number of aromatic hydroxyl groups is 1. The molecule has 0 unspecified atom stereocenters. The second-order valence-electron chi connectivity index (χ2n) is 4.17. The molecule has 0 aliphatic rings. The quantitative estimate of drug-likeness (QED) is 0.650. The van der Waals surface area contributed by atoms with Gasteiger partial charge in [-0.25, -0.2) is 4.98 Å². The fraction of sp³-hybridized carbons (Fsp3) is 0.0769. The number of benzene rings is 1. The second kappa shape index (κ2) is 6.31. The van der Waals surface area contributed by atoms with Crippen LogP contribution in [0.2, 0.25) is 0 Å². The molecule has 1 amide bonds. The summed E-state index contributed by atoms with van der Waals surface area (Å²) in [6.45, 7) is 0. The topological polar surface area (TPSA) is 105 Å². The average molecular weight is 352 g/mol. The number of pyridine rings is 1. The van der Waals surface area contributed by atoms with E-state index in [1.807, 2.05) is 12.1 Å². The first-order chi connectivity index (χ1) is 9.95. The Morgan fingerprint density at radius 1 is 1.38 bits per heavy atom. The normalized spacial score (nSPS) is 10.1. The molecule has 0 radical (unpaired) electrons. The molecule has 0 spiro atoms. The van der Waals surface area contributed by atoms with Crippen LogP contribution in [-0.4, -0.2) is 20.9 Å². The zero-order chi connectivity index (χ0) is 15.4. The minimum atomic E-state index is -0.680. The number of nitro groups is 1. The van der Waals surface area contributed by atoms with Gasteiger partial charge in [-0.2, -0.15) is 0 Å². The Bertz CT molecular complexity index is 688. The second-order valence-corrected chi connectivity index (χ2v) is 5.09. The van der Waals surface area contributed by atoms with E-state index in [1.165, 1.54) is 0 Å². The van der Waals surface area contributed by atoms with E-state index in [0.717, 1.165) is 22.3 Å². The minimum absolute atomic E-state index is 0.103. The molecule has 0 fully saturated rings. The summed E-state index contributed by atoms with van der Waals surface area (Å²) in [5, 5.41) is 22.5. The Morgan fingerprint density at radius 2 is 2.05 bits per heavy atom. The molecule has 7 nitrogen and oxygen atoms in total. The Kier molecular flexibility index (Phi) is 4.49. The maximum atomic E-state index is 11.8. The van der Waals surface area contributed by atoms with Crippen molar-refractivity contribution < 1.29 is 14.8 Å². The Hall–Kier alpha value is -2.48. The Labute approximate surface area is 127 Å². The molecule has 0 aliphatic carbocycles. The van der Waals surface area contributed by atoms with Gasteiger partial charge in [0.05, 0.1) is 17.4 Å². The summed E-state index contributed by atoms with van der Waals surface area (Å²) in [4.78, 5) is 25.3. The minimum Gasteiger partial charge on any atom is -0.504 e. The van der Waals surface area contributed by atoms with Gasteiger partial charge in [-0.15, -0.1) is 0 Å². The van der Waals surface area contributed by atoms with Crippen LogP contribution in [0.1, 0.15) is 5.56 Å². The smallest absolute Gasteiger partial charge is 0.291 e. The van der Waals surface area contributed by atoms with Crippen LogP contribution < -0.4 is 5.32 Å². The summed E-state index contributed by atoms with van der Waals surface area (Å²) in [6, 6.07) is 8.12. The lowest BCUT2D eigenvalue weighted by Crippen LogP contribution is -2.15. The van der Waals surface area contributed by atoms with Gasteiger partial charge in [-0.3, -0.25) is 14.9 Å². The summed E-state index contributed by atoms with van der Waals surface area (Å²) in [7, 11) is 0. The number of rotatable bonds is 4. The van der Waals surface area contributed by atoms with Gasteiger partial charge in [-0.05, 0) is 17.7 Å². The molecule has 0 atom stereocenters.